The van der Waals surface area contributed by atoms with Crippen molar-refractivity contribution >= 4 is 40.4 Å². The summed E-state index contributed by atoms with van der Waals surface area (Å²) in [6.07, 6.45) is 0. The number of thioether (sulfide) groups is 1. The number of fused-ring (bicyclic) bond motifs is 1. The Bertz CT molecular complexity index is 1060. The zero-order valence-corrected chi connectivity index (χ0v) is 18.3. The topological polar surface area (TPSA) is 82.4 Å². The van der Waals surface area contributed by atoms with Crippen LogP contribution in [0.3, 0.4) is 0 Å². The van der Waals surface area contributed by atoms with E-state index in [2.05, 4.69) is 10.3 Å². The first-order valence-corrected chi connectivity index (χ1v) is 10.6. The second-order valence-electron chi connectivity index (χ2n) is 6.54. The number of anilines is 1. The summed E-state index contributed by atoms with van der Waals surface area (Å²) in [5.41, 5.74) is 2.75. The predicted octanol–water partition coefficient (Wildman–Crippen LogP) is 4.36. The van der Waals surface area contributed by atoms with Gasteiger partial charge in [0, 0.05) is 18.3 Å². The molecule has 30 heavy (non-hydrogen) atoms. The zero-order valence-electron chi connectivity index (χ0n) is 17.5. The molecule has 1 unspecified atom stereocenters. The lowest BCUT2D eigenvalue weighted by molar-refractivity contribution is -0.115. The van der Waals surface area contributed by atoms with Crippen LogP contribution in [0.15, 0.2) is 47.6 Å². The molecule has 8 heteroatoms. The van der Waals surface area contributed by atoms with Gasteiger partial charge in [-0.25, -0.2) is 9.78 Å². The van der Waals surface area contributed by atoms with Crippen molar-refractivity contribution in [3.63, 3.8) is 0 Å². The standard InChI is InChI=1S/C22H25N3O4S/c1-5-25-19-11-10-15(21(27)29-6-2)12-18(19)24-22(25)30-14(3)20(26)23-16-8-7-9-17(13-16)28-4/h7-14H,5-6H2,1-4H3,(H,23,26). The number of nitrogens with one attached hydrogen (secondary N) is 1. The predicted molar refractivity (Wildman–Crippen MR) is 118 cm³/mol. The van der Waals surface area contributed by atoms with Crippen LogP contribution < -0.4 is 10.1 Å². The van der Waals surface area contributed by atoms with Crippen molar-refractivity contribution in [3.05, 3.63) is 48.0 Å². The van der Waals surface area contributed by atoms with Gasteiger partial charge in [0.1, 0.15) is 5.75 Å². The molecule has 1 atom stereocenters. The van der Waals surface area contributed by atoms with Gasteiger partial charge in [-0.05, 0) is 51.1 Å². The van der Waals surface area contributed by atoms with Crippen molar-refractivity contribution in [1.82, 2.24) is 9.55 Å². The number of imidazole rings is 1. The number of nitrogens with zero attached hydrogens (tertiary/aromatic N) is 2. The molecule has 0 bridgehead atoms. The summed E-state index contributed by atoms with van der Waals surface area (Å²) < 4.78 is 12.3. The summed E-state index contributed by atoms with van der Waals surface area (Å²) in [5, 5.41) is 3.26. The summed E-state index contributed by atoms with van der Waals surface area (Å²) in [6, 6.07) is 12.6. The van der Waals surface area contributed by atoms with Crippen LogP contribution in [-0.2, 0) is 16.1 Å². The molecule has 1 amide bonds. The van der Waals surface area contributed by atoms with Gasteiger partial charge >= 0.3 is 5.97 Å². The Morgan fingerprint density at radius 2 is 2.00 bits per heavy atom. The molecule has 0 saturated carbocycles. The summed E-state index contributed by atoms with van der Waals surface area (Å²) in [5.74, 6) is 0.180. The number of benzene rings is 2. The Balaban J connectivity index is 1.79. The number of carbonyl (C=O) groups excluding carboxylic acids is 2. The minimum absolute atomic E-state index is 0.129. The van der Waals surface area contributed by atoms with E-state index in [1.165, 1.54) is 11.8 Å². The van der Waals surface area contributed by atoms with Gasteiger partial charge in [0.25, 0.3) is 0 Å². The van der Waals surface area contributed by atoms with Gasteiger partial charge in [-0.3, -0.25) is 4.79 Å². The lowest BCUT2D eigenvalue weighted by Crippen LogP contribution is -2.22. The molecule has 3 rings (SSSR count). The molecule has 0 aliphatic heterocycles. The Kier molecular flexibility index (Phi) is 6.99. The molecular formula is C22H25N3O4S. The highest BCUT2D eigenvalue weighted by Crippen LogP contribution is 2.29. The molecule has 3 aromatic rings. The molecule has 1 aromatic heterocycles. The largest absolute Gasteiger partial charge is 0.497 e. The maximum atomic E-state index is 12.7. The van der Waals surface area contributed by atoms with Crippen LogP contribution in [0.5, 0.6) is 5.75 Å². The van der Waals surface area contributed by atoms with E-state index in [9.17, 15) is 9.59 Å². The van der Waals surface area contributed by atoms with Gasteiger partial charge < -0.3 is 19.4 Å². The van der Waals surface area contributed by atoms with Crippen molar-refractivity contribution in [2.75, 3.05) is 19.0 Å². The van der Waals surface area contributed by atoms with Crippen molar-refractivity contribution in [2.24, 2.45) is 0 Å². The van der Waals surface area contributed by atoms with E-state index in [-0.39, 0.29) is 17.1 Å². The minimum Gasteiger partial charge on any atom is -0.497 e. The number of carbonyl (C=O) groups is 2. The molecular weight excluding hydrogens is 402 g/mol. The first kappa shape index (κ1) is 21.7. The highest BCUT2D eigenvalue weighted by molar-refractivity contribution is 8.00. The highest BCUT2D eigenvalue weighted by Gasteiger charge is 2.20. The molecule has 1 heterocycles. The number of esters is 1. The summed E-state index contributed by atoms with van der Waals surface area (Å²) >= 11 is 1.37. The van der Waals surface area contributed by atoms with Gasteiger partial charge in [-0.1, -0.05) is 17.8 Å². The van der Waals surface area contributed by atoms with E-state index < -0.39 is 0 Å². The number of methoxy groups -OCH3 is 1. The first-order valence-electron chi connectivity index (χ1n) is 9.75. The van der Waals surface area contributed by atoms with Crippen molar-refractivity contribution < 1.29 is 19.1 Å². The van der Waals surface area contributed by atoms with Crippen LogP contribution >= 0.6 is 11.8 Å². The van der Waals surface area contributed by atoms with E-state index in [1.807, 2.05) is 42.7 Å². The van der Waals surface area contributed by atoms with Gasteiger partial charge in [-0.15, -0.1) is 0 Å². The Labute approximate surface area is 179 Å². The first-order chi connectivity index (χ1) is 14.5. The minimum atomic E-state index is -0.372. The van der Waals surface area contributed by atoms with Crippen LogP contribution in [-0.4, -0.2) is 40.4 Å². The summed E-state index contributed by atoms with van der Waals surface area (Å²) in [4.78, 5) is 29.3. The number of aryl methyl sites for hydroxylation is 1. The summed E-state index contributed by atoms with van der Waals surface area (Å²) in [7, 11) is 1.59. The van der Waals surface area contributed by atoms with Crippen LogP contribution in [0.1, 0.15) is 31.1 Å². The lowest BCUT2D eigenvalue weighted by atomic mass is 10.2. The number of aromatic nitrogens is 2. The Hall–Kier alpha value is -3.00. The van der Waals surface area contributed by atoms with Crippen LogP contribution in [0.25, 0.3) is 11.0 Å². The zero-order chi connectivity index (χ0) is 21.7. The van der Waals surface area contributed by atoms with E-state index in [4.69, 9.17) is 9.47 Å². The third kappa shape index (κ3) is 4.76. The maximum Gasteiger partial charge on any atom is 0.338 e. The second kappa shape index (κ2) is 9.67. The number of hydrogen-bond donors (Lipinski definition) is 1. The SMILES string of the molecule is CCOC(=O)c1ccc2c(c1)nc(SC(C)C(=O)Nc1cccc(OC)c1)n2CC. The molecule has 0 aliphatic carbocycles. The van der Waals surface area contributed by atoms with Gasteiger partial charge in [0.2, 0.25) is 5.91 Å². The molecule has 1 N–H and O–H groups in total. The summed E-state index contributed by atoms with van der Waals surface area (Å²) in [6.45, 7) is 6.65. The third-order valence-electron chi connectivity index (χ3n) is 4.53. The smallest absolute Gasteiger partial charge is 0.338 e. The maximum absolute atomic E-state index is 12.7. The average Bonchev–Trinajstić information content (AvgIpc) is 3.09. The van der Waals surface area contributed by atoms with E-state index in [1.54, 1.807) is 32.2 Å². The quantitative estimate of drug-likeness (QED) is 0.425. The van der Waals surface area contributed by atoms with Crippen molar-refractivity contribution in [2.45, 2.75) is 37.7 Å². The van der Waals surface area contributed by atoms with Gasteiger partial charge in [-0.2, -0.15) is 0 Å². The van der Waals surface area contributed by atoms with Crippen molar-refractivity contribution in [1.29, 1.82) is 0 Å². The van der Waals surface area contributed by atoms with Crippen LogP contribution in [0.4, 0.5) is 5.69 Å². The fraction of sp³-hybridized carbons (Fsp3) is 0.318. The van der Waals surface area contributed by atoms with E-state index in [0.29, 0.717) is 35.7 Å². The molecule has 158 valence electrons. The fourth-order valence-electron chi connectivity index (χ4n) is 3.00. The Morgan fingerprint density at radius 1 is 1.20 bits per heavy atom. The highest BCUT2D eigenvalue weighted by atomic mass is 32.2. The Morgan fingerprint density at radius 3 is 2.70 bits per heavy atom. The fourth-order valence-corrected chi connectivity index (χ4v) is 3.99. The lowest BCUT2D eigenvalue weighted by Gasteiger charge is -2.13. The second-order valence-corrected chi connectivity index (χ2v) is 7.85. The number of ether oxygens (including phenoxy) is 2. The molecule has 2 aromatic carbocycles. The molecule has 0 saturated heterocycles. The molecule has 0 aliphatic rings. The van der Waals surface area contributed by atoms with E-state index in [0.717, 1.165) is 10.7 Å². The third-order valence-corrected chi connectivity index (χ3v) is 5.62. The van der Waals surface area contributed by atoms with Crippen molar-refractivity contribution in [3.8, 4) is 5.75 Å². The monoisotopic (exact) mass is 427 g/mol. The normalized spacial score (nSPS) is 11.9. The average molecular weight is 428 g/mol. The molecule has 0 radical (unpaired) electrons. The molecule has 0 fully saturated rings. The number of hydrogen-bond acceptors (Lipinski definition) is 6. The van der Waals surface area contributed by atoms with Crippen LogP contribution in [0.2, 0.25) is 0 Å². The molecule has 0 spiro atoms. The van der Waals surface area contributed by atoms with Gasteiger partial charge in [0.15, 0.2) is 5.16 Å². The van der Waals surface area contributed by atoms with Crippen LogP contribution in [0, 0.1) is 0 Å². The molecule has 7 nitrogen and oxygen atoms in total. The van der Waals surface area contributed by atoms with Gasteiger partial charge in [0.05, 0.1) is 35.6 Å². The van der Waals surface area contributed by atoms with E-state index >= 15 is 0 Å². The number of rotatable bonds is 8. The number of amides is 1.